The summed E-state index contributed by atoms with van der Waals surface area (Å²) in [6.07, 6.45) is 6.31. The number of hydrogen-bond donors (Lipinski definition) is 1. The van der Waals surface area contributed by atoms with Crippen LogP contribution in [0.2, 0.25) is 0 Å². The molecule has 19 heavy (non-hydrogen) atoms. The molecule has 1 atom stereocenters. The van der Waals surface area contributed by atoms with Crippen LogP contribution < -0.4 is 0 Å². The van der Waals surface area contributed by atoms with Gasteiger partial charge in [-0.2, -0.15) is 0 Å². The third-order valence-corrected chi connectivity index (χ3v) is 4.06. The van der Waals surface area contributed by atoms with Crippen LogP contribution in [0.1, 0.15) is 29.6 Å². The molecule has 0 aromatic carbocycles. The molecule has 3 rings (SSSR count). The molecule has 1 aromatic heterocycles. The molecule has 2 saturated heterocycles. The molecule has 2 fully saturated rings. The van der Waals surface area contributed by atoms with Gasteiger partial charge in [-0.05, 0) is 31.9 Å². The van der Waals surface area contributed by atoms with Crippen molar-refractivity contribution in [3.8, 4) is 5.75 Å². The van der Waals surface area contributed by atoms with E-state index in [-0.39, 0.29) is 11.7 Å². The number of aromatic nitrogens is 1. The minimum atomic E-state index is -0.0165. The smallest absolute Gasteiger partial charge is 0.255 e. The second-order valence-corrected chi connectivity index (χ2v) is 5.37. The van der Waals surface area contributed by atoms with Gasteiger partial charge in [0.1, 0.15) is 5.75 Å². The first-order valence-electron chi connectivity index (χ1n) is 6.91. The molecule has 5 heteroatoms. The topological polar surface area (TPSA) is 56.7 Å². The maximum Gasteiger partial charge on any atom is 0.255 e. The van der Waals surface area contributed by atoms with Gasteiger partial charge in [0.05, 0.1) is 11.8 Å². The third-order valence-electron chi connectivity index (χ3n) is 4.06. The van der Waals surface area contributed by atoms with Crippen LogP contribution >= 0.6 is 0 Å². The lowest BCUT2D eigenvalue weighted by atomic mass is 10.2. The minimum absolute atomic E-state index is 0.0165. The molecule has 0 aliphatic carbocycles. The Balaban J connectivity index is 1.75. The quantitative estimate of drug-likeness (QED) is 0.822. The van der Waals surface area contributed by atoms with E-state index < -0.39 is 0 Å². The van der Waals surface area contributed by atoms with Crippen LogP contribution in [0.3, 0.4) is 0 Å². The lowest BCUT2D eigenvalue weighted by Crippen LogP contribution is -2.39. The predicted octanol–water partition coefficient (Wildman–Crippen LogP) is 1.10. The Morgan fingerprint density at radius 3 is 2.95 bits per heavy atom. The highest BCUT2D eigenvalue weighted by Crippen LogP contribution is 2.22. The van der Waals surface area contributed by atoms with Crippen molar-refractivity contribution in [1.29, 1.82) is 0 Å². The van der Waals surface area contributed by atoms with Crippen molar-refractivity contribution in [2.24, 2.45) is 0 Å². The molecule has 1 aromatic rings. The number of carbonyl (C=O) groups excluding carboxylic acids is 1. The van der Waals surface area contributed by atoms with Crippen LogP contribution in [-0.2, 0) is 0 Å². The summed E-state index contributed by atoms with van der Waals surface area (Å²) in [4.78, 5) is 20.7. The van der Waals surface area contributed by atoms with Gasteiger partial charge in [-0.15, -0.1) is 0 Å². The Morgan fingerprint density at radius 2 is 2.11 bits per heavy atom. The second kappa shape index (κ2) is 5.17. The number of nitrogens with zero attached hydrogens (tertiary/aromatic N) is 3. The maximum absolute atomic E-state index is 12.4. The number of aromatic hydroxyl groups is 1. The summed E-state index contributed by atoms with van der Waals surface area (Å²) >= 11 is 0. The molecule has 3 heterocycles. The maximum atomic E-state index is 12.4. The monoisotopic (exact) mass is 261 g/mol. The van der Waals surface area contributed by atoms with Gasteiger partial charge in [-0.3, -0.25) is 14.7 Å². The molecule has 0 saturated carbocycles. The first-order valence-corrected chi connectivity index (χ1v) is 6.91. The van der Waals surface area contributed by atoms with E-state index in [0.29, 0.717) is 11.6 Å². The van der Waals surface area contributed by atoms with Crippen molar-refractivity contribution in [1.82, 2.24) is 14.8 Å². The summed E-state index contributed by atoms with van der Waals surface area (Å²) in [6, 6.07) is 2.00. The zero-order chi connectivity index (χ0) is 13.2. The molecule has 2 aliphatic heterocycles. The first-order chi connectivity index (χ1) is 9.24. The normalized spacial score (nSPS) is 24.0. The average Bonchev–Trinajstić information content (AvgIpc) is 2.75. The SMILES string of the molecule is O=C(c1cncc(O)c1)N1CCCN2CCCC2C1. The van der Waals surface area contributed by atoms with Gasteiger partial charge in [0.2, 0.25) is 0 Å². The van der Waals surface area contributed by atoms with E-state index >= 15 is 0 Å². The van der Waals surface area contributed by atoms with Crippen LogP contribution in [0.4, 0.5) is 0 Å². The van der Waals surface area contributed by atoms with E-state index in [1.165, 1.54) is 37.8 Å². The summed E-state index contributed by atoms with van der Waals surface area (Å²) in [6.45, 7) is 3.85. The Bertz CT molecular complexity index is 478. The molecule has 1 amide bonds. The lowest BCUT2D eigenvalue weighted by Gasteiger charge is -2.25. The van der Waals surface area contributed by atoms with E-state index in [2.05, 4.69) is 9.88 Å². The Kier molecular flexibility index (Phi) is 3.38. The fraction of sp³-hybridized carbons (Fsp3) is 0.571. The van der Waals surface area contributed by atoms with Crippen molar-refractivity contribution >= 4 is 5.91 Å². The predicted molar refractivity (Wildman–Crippen MR) is 71.0 cm³/mol. The first kappa shape index (κ1) is 12.4. The Labute approximate surface area is 112 Å². The van der Waals surface area contributed by atoms with E-state index in [1.807, 2.05) is 4.90 Å². The highest BCUT2D eigenvalue weighted by Gasteiger charge is 2.30. The van der Waals surface area contributed by atoms with Crippen LogP contribution in [0.15, 0.2) is 18.5 Å². The number of fused-ring (bicyclic) bond motifs is 1. The number of amides is 1. The molecule has 1 N–H and O–H groups in total. The van der Waals surface area contributed by atoms with Gasteiger partial charge < -0.3 is 10.0 Å². The summed E-state index contributed by atoms with van der Waals surface area (Å²) in [5, 5.41) is 9.42. The van der Waals surface area contributed by atoms with Crippen molar-refractivity contribution in [3.05, 3.63) is 24.0 Å². The highest BCUT2D eigenvalue weighted by atomic mass is 16.3. The van der Waals surface area contributed by atoms with E-state index in [0.717, 1.165) is 26.1 Å². The molecule has 0 radical (unpaired) electrons. The third kappa shape index (κ3) is 2.56. The van der Waals surface area contributed by atoms with Gasteiger partial charge in [0.15, 0.2) is 0 Å². The molecular formula is C14H19N3O2. The fourth-order valence-corrected chi connectivity index (χ4v) is 3.12. The molecule has 0 bridgehead atoms. The molecule has 5 nitrogen and oxygen atoms in total. The molecule has 1 unspecified atom stereocenters. The standard InChI is InChI=1S/C14H19N3O2/c18-13-7-11(8-15-9-13)14(19)17-6-2-5-16-4-1-3-12(16)10-17/h7-9,12,18H,1-6,10H2. The van der Waals surface area contributed by atoms with E-state index in [9.17, 15) is 9.90 Å². The van der Waals surface area contributed by atoms with Crippen molar-refractivity contribution in [2.75, 3.05) is 26.2 Å². The van der Waals surface area contributed by atoms with Gasteiger partial charge in [-0.1, -0.05) is 0 Å². The second-order valence-electron chi connectivity index (χ2n) is 5.37. The van der Waals surface area contributed by atoms with E-state index in [4.69, 9.17) is 0 Å². The number of pyridine rings is 1. The summed E-state index contributed by atoms with van der Waals surface area (Å²) in [7, 11) is 0. The van der Waals surface area contributed by atoms with E-state index in [1.54, 1.807) is 0 Å². The summed E-state index contributed by atoms with van der Waals surface area (Å²) in [5.41, 5.74) is 0.478. The Hall–Kier alpha value is -1.62. The van der Waals surface area contributed by atoms with Crippen molar-refractivity contribution in [3.63, 3.8) is 0 Å². The van der Waals surface area contributed by atoms with Gasteiger partial charge in [-0.25, -0.2) is 0 Å². The van der Waals surface area contributed by atoms with Gasteiger partial charge >= 0.3 is 0 Å². The number of carbonyl (C=O) groups is 1. The lowest BCUT2D eigenvalue weighted by molar-refractivity contribution is 0.0742. The number of rotatable bonds is 1. The summed E-state index contributed by atoms with van der Waals surface area (Å²) in [5.74, 6) is 0.0281. The Morgan fingerprint density at radius 1 is 1.26 bits per heavy atom. The fourth-order valence-electron chi connectivity index (χ4n) is 3.12. The average molecular weight is 261 g/mol. The molecular weight excluding hydrogens is 242 g/mol. The zero-order valence-corrected chi connectivity index (χ0v) is 11.0. The van der Waals surface area contributed by atoms with Crippen molar-refractivity contribution < 1.29 is 9.90 Å². The summed E-state index contributed by atoms with van der Waals surface area (Å²) < 4.78 is 0. The molecule has 2 aliphatic rings. The van der Waals surface area contributed by atoms with Crippen LogP contribution in [0.25, 0.3) is 0 Å². The number of hydrogen-bond acceptors (Lipinski definition) is 4. The molecule has 102 valence electrons. The molecule has 0 spiro atoms. The van der Waals surface area contributed by atoms with Gasteiger partial charge in [0, 0.05) is 31.9 Å². The van der Waals surface area contributed by atoms with Crippen LogP contribution in [0.5, 0.6) is 5.75 Å². The van der Waals surface area contributed by atoms with Crippen LogP contribution in [-0.4, -0.2) is 58.0 Å². The largest absolute Gasteiger partial charge is 0.506 e. The van der Waals surface area contributed by atoms with Crippen molar-refractivity contribution in [2.45, 2.75) is 25.3 Å². The highest BCUT2D eigenvalue weighted by molar-refractivity contribution is 5.94. The minimum Gasteiger partial charge on any atom is -0.506 e. The van der Waals surface area contributed by atoms with Gasteiger partial charge in [0.25, 0.3) is 5.91 Å². The zero-order valence-electron chi connectivity index (χ0n) is 11.0. The van der Waals surface area contributed by atoms with Crippen LogP contribution in [0, 0.1) is 0 Å².